The second-order valence-corrected chi connectivity index (χ2v) is 4.63. The van der Waals surface area contributed by atoms with Gasteiger partial charge in [0.1, 0.15) is 0 Å². The molecule has 21 heavy (non-hydrogen) atoms. The van der Waals surface area contributed by atoms with Crippen LogP contribution in [-0.4, -0.2) is 11.1 Å². The Morgan fingerprint density at radius 3 is 2.29 bits per heavy atom. The third-order valence-corrected chi connectivity index (χ3v) is 3.26. The van der Waals surface area contributed by atoms with Gasteiger partial charge in [-0.3, -0.25) is 0 Å². The Kier molecular flexibility index (Phi) is 3.41. The molecule has 0 saturated heterocycles. The van der Waals surface area contributed by atoms with Crippen LogP contribution in [0.1, 0.15) is 21.5 Å². The van der Waals surface area contributed by atoms with Gasteiger partial charge in [0, 0.05) is 11.1 Å². The van der Waals surface area contributed by atoms with Crippen molar-refractivity contribution in [2.24, 2.45) is 0 Å². The zero-order valence-electron chi connectivity index (χ0n) is 11.2. The molecule has 2 nitrogen and oxygen atoms in total. The van der Waals surface area contributed by atoms with E-state index in [9.17, 15) is 9.90 Å². The molecule has 0 atom stereocenters. The molecule has 0 heterocycles. The van der Waals surface area contributed by atoms with Crippen molar-refractivity contribution < 1.29 is 9.90 Å². The molecule has 1 N–H and O–H groups in total. The summed E-state index contributed by atoms with van der Waals surface area (Å²) in [6, 6.07) is 20.6. The van der Waals surface area contributed by atoms with Gasteiger partial charge in [-0.05, 0) is 29.0 Å². The minimum Gasteiger partial charge on any atom is -0.478 e. The minimum absolute atomic E-state index is 0.261. The Morgan fingerprint density at radius 2 is 1.52 bits per heavy atom. The summed E-state index contributed by atoms with van der Waals surface area (Å²) in [5.41, 5.74) is 1.66. The van der Waals surface area contributed by atoms with Gasteiger partial charge in [0.05, 0.1) is 5.56 Å². The predicted molar refractivity (Wildman–Crippen MR) is 83.3 cm³/mol. The lowest BCUT2D eigenvalue weighted by molar-refractivity contribution is 0.0699. The highest BCUT2D eigenvalue weighted by Gasteiger charge is 2.12. The van der Waals surface area contributed by atoms with E-state index in [2.05, 4.69) is 11.8 Å². The monoisotopic (exact) mass is 272 g/mol. The van der Waals surface area contributed by atoms with E-state index in [0.717, 1.165) is 10.9 Å². The molecule has 0 aromatic heterocycles. The predicted octanol–water partition coefficient (Wildman–Crippen LogP) is 3.94. The van der Waals surface area contributed by atoms with Crippen LogP contribution >= 0.6 is 0 Å². The topological polar surface area (TPSA) is 37.3 Å². The van der Waals surface area contributed by atoms with E-state index in [-0.39, 0.29) is 5.56 Å². The number of fused-ring (bicyclic) bond motifs is 1. The largest absolute Gasteiger partial charge is 0.478 e. The van der Waals surface area contributed by atoms with Gasteiger partial charge in [0.25, 0.3) is 0 Å². The van der Waals surface area contributed by atoms with Crippen LogP contribution in [0.25, 0.3) is 10.8 Å². The summed E-state index contributed by atoms with van der Waals surface area (Å²) in [6.07, 6.45) is 0. The number of hydrogen-bond acceptors (Lipinski definition) is 1. The quantitative estimate of drug-likeness (QED) is 0.681. The van der Waals surface area contributed by atoms with Crippen molar-refractivity contribution in [3.63, 3.8) is 0 Å². The molecule has 0 aliphatic carbocycles. The molecule has 0 aliphatic rings. The van der Waals surface area contributed by atoms with Gasteiger partial charge in [0.15, 0.2) is 0 Å². The maximum absolute atomic E-state index is 11.6. The first kappa shape index (κ1) is 13.0. The van der Waals surface area contributed by atoms with Gasteiger partial charge in [-0.25, -0.2) is 4.79 Å². The van der Waals surface area contributed by atoms with Crippen LogP contribution < -0.4 is 0 Å². The smallest absolute Gasteiger partial charge is 0.337 e. The first-order chi connectivity index (χ1) is 10.3. The molecule has 0 aliphatic heterocycles. The normalized spacial score (nSPS) is 9.90. The van der Waals surface area contributed by atoms with Gasteiger partial charge in [-0.2, -0.15) is 0 Å². The second kappa shape index (κ2) is 5.52. The fourth-order valence-corrected chi connectivity index (χ4v) is 2.27. The Hall–Kier alpha value is -3.05. The summed E-state index contributed by atoms with van der Waals surface area (Å²) >= 11 is 0. The SMILES string of the molecule is O=C(O)c1c(C#Cc2ccccc2)ccc2ccccc12. The van der Waals surface area contributed by atoms with Crippen molar-refractivity contribution in [1.29, 1.82) is 0 Å². The maximum Gasteiger partial charge on any atom is 0.337 e. The number of rotatable bonds is 1. The van der Waals surface area contributed by atoms with E-state index >= 15 is 0 Å². The average molecular weight is 272 g/mol. The van der Waals surface area contributed by atoms with Crippen molar-refractivity contribution in [2.45, 2.75) is 0 Å². The van der Waals surface area contributed by atoms with Gasteiger partial charge in [-0.1, -0.05) is 60.4 Å². The number of hydrogen-bond donors (Lipinski definition) is 1. The molecule has 3 aromatic rings. The van der Waals surface area contributed by atoms with E-state index < -0.39 is 5.97 Å². The molecule has 0 saturated carbocycles. The highest BCUT2D eigenvalue weighted by Crippen LogP contribution is 2.22. The Bertz CT molecular complexity index is 868. The third kappa shape index (κ3) is 2.63. The van der Waals surface area contributed by atoms with Crippen molar-refractivity contribution in [2.75, 3.05) is 0 Å². The van der Waals surface area contributed by atoms with Crippen LogP contribution in [0.15, 0.2) is 66.7 Å². The van der Waals surface area contributed by atoms with Gasteiger partial charge in [0.2, 0.25) is 0 Å². The van der Waals surface area contributed by atoms with Gasteiger partial charge < -0.3 is 5.11 Å². The molecular formula is C19H12O2. The van der Waals surface area contributed by atoms with E-state index in [1.54, 1.807) is 6.07 Å². The molecule has 3 rings (SSSR count). The molecule has 0 bridgehead atoms. The molecule has 0 spiro atoms. The van der Waals surface area contributed by atoms with E-state index in [1.807, 2.05) is 60.7 Å². The number of benzene rings is 3. The lowest BCUT2D eigenvalue weighted by Crippen LogP contribution is -2.01. The Labute approximate surface area is 122 Å². The lowest BCUT2D eigenvalue weighted by Gasteiger charge is -2.05. The van der Waals surface area contributed by atoms with E-state index in [4.69, 9.17) is 0 Å². The number of carboxylic acids is 1. The minimum atomic E-state index is -0.954. The summed E-state index contributed by atoms with van der Waals surface area (Å²) < 4.78 is 0. The molecular weight excluding hydrogens is 260 g/mol. The molecule has 0 fully saturated rings. The summed E-state index contributed by atoms with van der Waals surface area (Å²) in [5.74, 6) is 5.03. The van der Waals surface area contributed by atoms with E-state index in [0.29, 0.717) is 10.9 Å². The molecule has 100 valence electrons. The highest BCUT2D eigenvalue weighted by atomic mass is 16.4. The maximum atomic E-state index is 11.6. The van der Waals surface area contributed by atoms with E-state index in [1.165, 1.54) is 0 Å². The molecule has 0 radical (unpaired) electrons. The van der Waals surface area contributed by atoms with Crippen molar-refractivity contribution in [3.8, 4) is 11.8 Å². The van der Waals surface area contributed by atoms with Crippen molar-refractivity contribution in [1.82, 2.24) is 0 Å². The van der Waals surface area contributed by atoms with Crippen LogP contribution in [0.5, 0.6) is 0 Å². The molecule has 0 unspecified atom stereocenters. The second-order valence-electron chi connectivity index (χ2n) is 4.63. The first-order valence-corrected chi connectivity index (χ1v) is 6.58. The number of carboxylic acid groups (broad SMARTS) is 1. The number of aromatic carboxylic acids is 1. The zero-order chi connectivity index (χ0) is 14.7. The van der Waals surface area contributed by atoms with Crippen LogP contribution in [0, 0.1) is 11.8 Å². The van der Waals surface area contributed by atoms with Crippen LogP contribution in [0.2, 0.25) is 0 Å². The van der Waals surface area contributed by atoms with Gasteiger partial charge in [-0.15, -0.1) is 0 Å². The lowest BCUT2D eigenvalue weighted by atomic mass is 9.99. The molecule has 2 heteroatoms. The summed E-state index contributed by atoms with van der Waals surface area (Å²) in [4.78, 5) is 11.6. The summed E-state index contributed by atoms with van der Waals surface area (Å²) in [7, 11) is 0. The summed E-state index contributed by atoms with van der Waals surface area (Å²) in [6.45, 7) is 0. The Morgan fingerprint density at radius 1 is 0.810 bits per heavy atom. The van der Waals surface area contributed by atoms with Crippen LogP contribution in [-0.2, 0) is 0 Å². The van der Waals surface area contributed by atoms with Crippen molar-refractivity contribution >= 4 is 16.7 Å². The van der Waals surface area contributed by atoms with Crippen LogP contribution in [0.3, 0.4) is 0 Å². The fourth-order valence-electron chi connectivity index (χ4n) is 2.27. The molecule has 0 amide bonds. The first-order valence-electron chi connectivity index (χ1n) is 6.58. The fraction of sp³-hybridized carbons (Fsp3) is 0. The van der Waals surface area contributed by atoms with Gasteiger partial charge >= 0.3 is 5.97 Å². The van der Waals surface area contributed by atoms with Crippen LogP contribution in [0.4, 0.5) is 0 Å². The van der Waals surface area contributed by atoms with Crippen molar-refractivity contribution in [3.05, 3.63) is 83.4 Å². The Balaban J connectivity index is 2.17. The zero-order valence-corrected chi connectivity index (χ0v) is 11.2. The summed E-state index contributed by atoms with van der Waals surface area (Å²) in [5, 5.41) is 11.1. The average Bonchev–Trinajstić information content (AvgIpc) is 2.53. The standard InChI is InChI=1S/C19H12O2/c20-19(21)18-16(11-10-14-6-2-1-3-7-14)13-12-15-8-4-5-9-17(15)18/h1-9,12-13H,(H,20,21). The third-order valence-electron chi connectivity index (χ3n) is 3.26. The molecule has 3 aromatic carbocycles. The number of carbonyl (C=O) groups is 1. The highest BCUT2D eigenvalue weighted by molar-refractivity contribution is 6.06.